The molecule has 0 aliphatic rings. The highest BCUT2D eigenvalue weighted by atomic mass is 19.4. The van der Waals surface area contributed by atoms with Crippen molar-refractivity contribution < 1.29 is 37.4 Å². The molecule has 1 rings (SSSR count). The fourth-order valence-corrected chi connectivity index (χ4v) is 1.30. The number of benzene rings is 1. The summed E-state index contributed by atoms with van der Waals surface area (Å²) in [7, 11) is 0. The van der Waals surface area contributed by atoms with Crippen LogP contribution in [0.25, 0.3) is 0 Å². The van der Waals surface area contributed by atoms with Crippen LogP contribution < -0.4 is 5.32 Å². The number of carboxylic acids is 1. The molecule has 0 aromatic heterocycles. The summed E-state index contributed by atoms with van der Waals surface area (Å²) in [6.07, 6.45) is -4.77. The normalized spacial score (nSPS) is 12.8. The Balaban J connectivity index is 3.06. The summed E-state index contributed by atoms with van der Waals surface area (Å²) in [6.45, 7) is -0.984. The Morgan fingerprint density at radius 2 is 1.90 bits per heavy atom. The summed E-state index contributed by atoms with van der Waals surface area (Å²) in [4.78, 5) is 22.1. The molecular formula is C11H9F4NO4. The number of hydrogen-bond acceptors (Lipinski definition) is 3. The van der Waals surface area contributed by atoms with Gasteiger partial charge in [0.1, 0.15) is 5.82 Å². The summed E-state index contributed by atoms with van der Waals surface area (Å²) in [5.74, 6) is -4.21. The first-order valence-corrected chi connectivity index (χ1v) is 5.18. The fraction of sp³-hybridized carbons (Fsp3) is 0.273. The third-order valence-electron chi connectivity index (χ3n) is 2.32. The molecule has 0 unspecified atom stereocenters. The lowest BCUT2D eigenvalue weighted by atomic mass is 10.1. The van der Waals surface area contributed by atoms with E-state index in [1.54, 1.807) is 5.32 Å². The van der Waals surface area contributed by atoms with E-state index in [9.17, 15) is 27.2 Å². The first kappa shape index (κ1) is 15.9. The minimum atomic E-state index is -4.77. The number of hydrogen-bond donors (Lipinski definition) is 3. The molecule has 0 radical (unpaired) electrons. The van der Waals surface area contributed by atoms with Crippen molar-refractivity contribution in [3.63, 3.8) is 0 Å². The summed E-state index contributed by atoms with van der Waals surface area (Å²) in [6, 6.07) is -0.572. The van der Waals surface area contributed by atoms with Crippen molar-refractivity contribution in [3.8, 4) is 0 Å². The monoisotopic (exact) mass is 295 g/mol. The lowest BCUT2D eigenvalue weighted by molar-refractivity contribution is -0.140. The van der Waals surface area contributed by atoms with E-state index >= 15 is 0 Å². The summed E-state index contributed by atoms with van der Waals surface area (Å²) in [5.41, 5.74) is -2.21. The van der Waals surface area contributed by atoms with Crippen molar-refractivity contribution in [1.82, 2.24) is 5.32 Å². The molecule has 0 spiro atoms. The molecule has 20 heavy (non-hydrogen) atoms. The van der Waals surface area contributed by atoms with Gasteiger partial charge in [-0.15, -0.1) is 0 Å². The third kappa shape index (κ3) is 3.67. The Bertz CT molecular complexity index is 530. The first-order chi connectivity index (χ1) is 9.16. The molecule has 0 aliphatic heterocycles. The molecule has 110 valence electrons. The minimum absolute atomic E-state index is 0.265. The standard InChI is InChI=1S/C11H9F4NO4/c12-7-2-1-5(11(13,14)15)3-6(7)9(18)16-8(4-17)10(19)20/h1-3,8,17H,4H2,(H,16,18)(H,19,20)/t8-/m1/s1. The van der Waals surface area contributed by atoms with Gasteiger partial charge in [-0.05, 0) is 18.2 Å². The van der Waals surface area contributed by atoms with Crippen LogP contribution in [0.1, 0.15) is 15.9 Å². The van der Waals surface area contributed by atoms with Gasteiger partial charge in [-0.3, -0.25) is 4.79 Å². The second kappa shape index (κ2) is 5.87. The third-order valence-corrected chi connectivity index (χ3v) is 2.32. The lowest BCUT2D eigenvalue weighted by Gasteiger charge is -2.13. The number of nitrogens with one attached hydrogen (secondary N) is 1. The van der Waals surface area contributed by atoms with Crippen LogP contribution in [-0.4, -0.2) is 34.7 Å². The zero-order valence-corrected chi connectivity index (χ0v) is 9.74. The van der Waals surface area contributed by atoms with Crippen molar-refractivity contribution in [1.29, 1.82) is 0 Å². The van der Waals surface area contributed by atoms with Crippen molar-refractivity contribution in [2.75, 3.05) is 6.61 Å². The van der Waals surface area contributed by atoms with E-state index in [0.717, 1.165) is 0 Å². The zero-order chi connectivity index (χ0) is 15.5. The summed E-state index contributed by atoms with van der Waals surface area (Å²) < 4.78 is 50.6. The van der Waals surface area contributed by atoms with Gasteiger partial charge in [0.05, 0.1) is 17.7 Å². The molecule has 0 saturated heterocycles. The topological polar surface area (TPSA) is 86.6 Å². The molecule has 1 amide bonds. The van der Waals surface area contributed by atoms with Gasteiger partial charge in [-0.1, -0.05) is 0 Å². The maximum atomic E-state index is 13.3. The molecule has 3 N–H and O–H groups in total. The van der Waals surface area contributed by atoms with E-state index in [0.29, 0.717) is 12.1 Å². The smallest absolute Gasteiger partial charge is 0.416 e. The van der Waals surface area contributed by atoms with Crippen LogP contribution in [0, 0.1) is 5.82 Å². The van der Waals surface area contributed by atoms with Gasteiger partial charge in [-0.2, -0.15) is 13.2 Å². The summed E-state index contributed by atoms with van der Waals surface area (Å²) >= 11 is 0. The number of carbonyl (C=O) groups is 2. The van der Waals surface area contributed by atoms with Crippen LogP contribution in [-0.2, 0) is 11.0 Å². The number of halogens is 4. The van der Waals surface area contributed by atoms with E-state index in [4.69, 9.17) is 10.2 Å². The van der Waals surface area contributed by atoms with Gasteiger partial charge in [-0.25, -0.2) is 9.18 Å². The van der Waals surface area contributed by atoms with Crippen LogP contribution in [0.15, 0.2) is 18.2 Å². The number of aliphatic carboxylic acids is 1. The van der Waals surface area contributed by atoms with Gasteiger partial charge < -0.3 is 15.5 Å². The first-order valence-electron chi connectivity index (χ1n) is 5.18. The van der Waals surface area contributed by atoms with E-state index in [1.807, 2.05) is 0 Å². The van der Waals surface area contributed by atoms with Crippen molar-refractivity contribution in [3.05, 3.63) is 35.1 Å². The van der Waals surface area contributed by atoms with E-state index in [2.05, 4.69) is 0 Å². The molecule has 1 atom stereocenters. The number of carboxylic acid groups (broad SMARTS) is 1. The highest BCUT2D eigenvalue weighted by molar-refractivity contribution is 5.97. The second-order valence-corrected chi connectivity index (χ2v) is 3.74. The maximum absolute atomic E-state index is 13.3. The highest BCUT2D eigenvalue weighted by Crippen LogP contribution is 2.30. The minimum Gasteiger partial charge on any atom is -0.480 e. The zero-order valence-electron chi connectivity index (χ0n) is 9.74. The van der Waals surface area contributed by atoms with Gasteiger partial charge in [0, 0.05) is 0 Å². The Morgan fingerprint density at radius 1 is 1.30 bits per heavy atom. The SMILES string of the molecule is O=C(N[C@H](CO)C(=O)O)c1cc(C(F)(F)F)ccc1F. The number of alkyl halides is 3. The average molecular weight is 295 g/mol. The number of aliphatic hydroxyl groups excluding tert-OH is 1. The number of amides is 1. The lowest BCUT2D eigenvalue weighted by Crippen LogP contribution is -2.43. The van der Waals surface area contributed by atoms with E-state index in [-0.39, 0.29) is 6.07 Å². The average Bonchev–Trinajstić information content (AvgIpc) is 2.34. The Morgan fingerprint density at radius 3 is 2.35 bits per heavy atom. The van der Waals surface area contributed by atoms with Gasteiger partial charge in [0.2, 0.25) is 0 Å². The number of rotatable bonds is 4. The van der Waals surface area contributed by atoms with Crippen molar-refractivity contribution in [2.24, 2.45) is 0 Å². The van der Waals surface area contributed by atoms with Crippen LogP contribution in [0.2, 0.25) is 0 Å². The molecule has 5 nitrogen and oxygen atoms in total. The molecule has 1 aromatic carbocycles. The number of aliphatic hydroxyl groups is 1. The maximum Gasteiger partial charge on any atom is 0.416 e. The van der Waals surface area contributed by atoms with Crippen LogP contribution in [0.5, 0.6) is 0 Å². The Hall–Kier alpha value is -2.16. The molecule has 0 bridgehead atoms. The Kier molecular flexibility index (Phi) is 4.66. The predicted molar refractivity (Wildman–Crippen MR) is 57.4 cm³/mol. The predicted octanol–water partition coefficient (Wildman–Crippen LogP) is 1.02. The molecule has 0 heterocycles. The molecule has 0 saturated carbocycles. The molecule has 0 fully saturated rings. The quantitative estimate of drug-likeness (QED) is 0.724. The van der Waals surface area contributed by atoms with Gasteiger partial charge in [0.25, 0.3) is 5.91 Å². The van der Waals surface area contributed by atoms with Crippen molar-refractivity contribution >= 4 is 11.9 Å². The number of carbonyl (C=O) groups excluding carboxylic acids is 1. The molecular weight excluding hydrogens is 286 g/mol. The van der Waals surface area contributed by atoms with Crippen LogP contribution in [0.3, 0.4) is 0 Å². The van der Waals surface area contributed by atoms with Gasteiger partial charge >= 0.3 is 12.1 Å². The van der Waals surface area contributed by atoms with Crippen molar-refractivity contribution in [2.45, 2.75) is 12.2 Å². The fourth-order valence-electron chi connectivity index (χ4n) is 1.30. The highest BCUT2D eigenvalue weighted by Gasteiger charge is 2.32. The van der Waals surface area contributed by atoms with E-state index < -0.39 is 47.6 Å². The van der Waals surface area contributed by atoms with Crippen LogP contribution >= 0.6 is 0 Å². The molecule has 9 heteroatoms. The van der Waals surface area contributed by atoms with E-state index in [1.165, 1.54) is 0 Å². The van der Waals surface area contributed by atoms with Gasteiger partial charge in [0.15, 0.2) is 6.04 Å². The Labute approximate surface area is 109 Å². The second-order valence-electron chi connectivity index (χ2n) is 3.74. The largest absolute Gasteiger partial charge is 0.480 e. The summed E-state index contributed by atoms with van der Waals surface area (Å²) in [5, 5.41) is 19.0. The molecule has 1 aromatic rings. The van der Waals surface area contributed by atoms with Crippen LogP contribution in [0.4, 0.5) is 17.6 Å². The molecule has 0 aliphatic carbocycles.